The standard InChI is InChI=1S/C17H14INO/c18-15-7-3-4-8-16(15)19-11-13-10-9-12-5-1-2-6-14(12)17(13)20/h1-8,11,19H,9-10H2/b13-11-. The van der Waals surface area contributed by atoms with Gasteiger partial charge in [-0.15, -0.1) is 0 Å². The van der Waals surface area contributed by atoms with Crippen molar-refractivity contribution in [3.8, 4) is 0 Å². The third-order valence-corrected chi connectivity index (χ3v) is 4.43. The van der Waals surface area contributed by atoms with E-state index < -0.39 is 0 Å². The molecule has 0 aromatic heterocycles. The summed E-state index contributed by atoms with van der Waals surface area (Å²) in [6, 6.07) is 15.9. The summed E-state index contributed by atoms with van der Waals surface area (Å²) in [5, 5.41) is 3.25. The predicted molar refractivity (Wildman–Crippen MR) is 90.0 cm³/mol. The zero-order valence-electron chi connectivity index (χ0n) is 10.9. The Morgan fingerprint density at radius 2 is 1.75 bits per heavy atom. The molecule has 100 valence electrons. The SMILES string of the molecule is O=C1/C(=C\Nc2ccccc2I)CCc2ccccc21. The minimum absolute atomic E-state index is 0.144. The Labute approximate surface area is 132 Å². The summed E-state index contributed by atoms with van der Waals surface area (Å²) in [7, 11) is 0. The third kappa shape index (κ3) is 2.63. The van der Waals surface area contributed by atoms with Gasteiger partial charge in [0.05, 0.1) is 5.69 Å². The second-order valence-electron chi connectivity index (χ2n) is 4.78. The molecule has 2 aromatic rings. The fourth-order valence-corrected chi connectivity index (χ4v) is 2.94. The Morgan fingerprint density at radius 3 is 2.60 bits per heavy atom. The van der Waals surface area contributed by atoms with Crippen LogP contribution < -0.4 is 5.32 Å². The first-order valence-corrected chi connectivity index (χ1v) is 7.66. The second kappa shape index (κ2) is 5.79. The molecule has 3 rings (SSSR count). The van der Waals surface area contributed by atoms with E-state index in [1.165, 1.54) is 0 Å². The van der Waals surface area contributed by atoms with Crippen LogP contribution in [0.1, 0.15) is 22.3 Å². The molecule has 0 atom stereocenters. The molecule has 0 unspecified atom stereocenters. The highest BCUT2D eigenvalue weighted by Gasteiger charge is 2.20. The maximum Gasteiger partial charge on any atom is 0.190 e. The molecular formula is C17H14INO. The van der Waals surface area contributed by atoms with Crippen molar-refractivity contribution in [3.05, 3.63) is 75.0 Å². The average Bonchev–Trinajstić information content (AvgIpc) is 2.48. The minimum atomic E-state index is 0.144. The zero-order chi connectivity index (χ0) is 13.9. The highest BCUT2D eigenvalue weighted by Crippen LogP contribution is 2.25. The normalized spacial score (nSPS) is 16.1. The van der Waals surface area contributed by atoms with Crippen LogP contribution in [-0.2, 0) is 6.42 Å². The van der Waals surface area contributed by atoms with E-state index >= 15 is 0 Å². The number of halogens is 1. The predicted octanol–water partition coefficient (Wildman–Crippen LogP) is 4.42. The van der Waals surface area contributed by atoms with Gasteiger partial charge < -0.3 is 5.32 Å². The summed E-state index contributed by atoms with van der Waals surface area (Å²) in [5.41, 5.74) is 3.88. The molecule has 0 radical (unpaired) electrons. The van der Waals surface area contributed by atoms with Crippen LogP contribution in [0.2, 0.25) is 0 Å². The number of hydrogen-bond donors (Lipinski definition) is 1. The van der Waals surface area contributed by atoms with Crippen molar-refractivity contribution in [2.24, 2.45) is 0 Å². The number of nitrogens with one attached hydrogen (secondary N) is 1. The van der Waals surface area contributed by atoms with E-state index in [1.54, 1.807) is 0 Å². The van der Waals surface area contributed by atoms with Crippen LogP contribution in [0.3, 0.4) is 0 Å². The van der Waals surface area contributed by atoms with Gasteiger partial charge in [0.2, 0.25) is 0 Å². The number of Topliss-reactive ketones (excluding diaryl/α,β-unsaturated/α-hetero) is 1. The molecule has 1 N–H and O–H groups in total. The molecule has 0 saturated carbocycles. The Balaban J connectivity index is 1.84. The minimum Gasteiger partial charge on any atom is -0.360 e. The summed E-state index contributed by atoms with van der Waals surface area (Å²) in [4.78, 5) is 12.4. The van der Waals surface area contributed by atoms with E-state index in [0.29, 0.717) is 0 Å². The Bertz CT molecular complexity index is 691. The van der Waals surface area contributed by atoms with Gasteiger partial charge in [0, 0.05) is 20.9 Å². The van der Waals surface area contributed by atoms with Gasteiger partial charge in [0.15, 0.2) is 5.78 Å². The van der Waals surface area contributed by atoms with Gasteiger partial charge in [0.25, 0.3) is 0 Å². The van der Waals surface area contributed by atoms with Gasteiger partial charge in [-0.2, -0.15) is 0 Å². The molecule has 1 aliphatic carbocycles. The Morgan fingerprint density at radius 1 is 1.00 bits per heavy atom. The lowest BCUT2D eigenvalue weighted by Gasteiger charge is -2.17. The van der Waals surface area contributed by atoms with Crippen LogP contribution in [0, 0.1) is 3.57 Å². The zero-order valence-corrected chi connectivity index (χ0v) is 13.1. The summed E-state index contributed by atoms with van der Waals surface area (Å²) in [6.07, 6.45) is 3.59. The van der Waals surface area contributed by atoms with Gasteiger partial charge >= 0.3 is 0 Å². The number of fused-ring (bicyclic) bond motifs is 1. The molecule has 0 bridgehead atoms. The summed E-state index contributed by atoms with van der Waals surface area (Å²) in [6.45, 7) is 0. The molecular weight excluding hydrogens is 361 g/mol. The van der Waals surface area contributed by atoms with E-state index in [4.69, 9.17) is 0 Å². The van der Waals surface area contributed by atoms with Crippen molar-refractivity contribution in [3.63, 3.8) is 0 Å². The molecule has 3 heteroatoms. The molecule has 0 aliphatic heterocycles. The number of hydrogen-bond acceptors (Lipinski definition) is 2. The molecule has 2 aromatic carbocycles. The fourth-order valence-electron chi connectivity index (χ4n) is 2.40. The maximum absolute atomic E-state index is 12.4. The van der Waals surface area contributed by atoms with Gasteiger partial charge in [-0.05, 0) is 53.1 Å². The lowest BCUT2D eigenvalue weighted by molar-refractivity contribution is 0.102. The van der Waals surface area contributed by atoms with Crippen molar-refractivity contribution in [1.29, 1.82) is 0 Å². The molecule has 1 aliphatic rings. The summed E-state index contributed by atoms with van der Waals surface area (Å²) >= 11 is 2.28. The third-order valence-electron chi connectivity index (χ3n) is 3.49. The maximum atomic E-state index is 12.4. The van der Waals surface area contributed by atoms with Crippen LogP contribution in [0.4, 0.5) is 5.69 Å². The van der Waals surface area contributed by atoms with E-state index in [-0.39, 0.29) is 5.78 Å². The molecule has 0 amide bonds. The first-order chi connectivity index (χ1) is 9.75. The van der Waals surface area contributed by atoms with Gasteiger partial charge in [0.1, 0.15) is 0 Å². The van der Waals surface area contributed by atoms with Gasteiger partial charge in [-0.3, -0.25) is 4.79 Å². The van der Waals surface area contributed by atoms with E-state index in [1.807, 2.05) is 54.7 Å². The number of carbonyl (C=O) groups is 1. The topological polar surface area (TPSA) is 29.1 Å². The van der Waals surface area contributed by atoms with Crippen molar-refractivity contribution in [2.75, 3.05) is 5.32 Å². The number of rotatable bonds is 2. The van der Waals surface area contributed by atoms with Crippen LogP contribution >= 0.6 is 22.6 Å². The van der Waals surface area contributed by atoms with Crippen molar-refractivity contribution in [2.45, 2.75) is 12.8 Å². The number of aryl methyl sites for hydroxylation is 1. The van der Waals surface area contributed by atoms with Gasteiger partial charge in [-0.25, -0.2) is 0 Å². The van der Waals surface area contributed by atoms with Crippen LogP contribution in [-0.4, -0.2) is 5.78 Å². The van der Waals surface area contributed by atoms with Crippen LogP contribution in [0.15, 0.2) is 60.3 Å². The molecule has 20 heavy (non-hydrogen) atoms. The molecule has 2 nitrogen and oxygen atoms in total. The van der Waals surface area contributed by atoms with E-state index in [9.17, 15) is 4.79 Å². The highest BCUT2D eigenvalue weighted by molar-refractivity contribution is 14.1. The number of carbonyl (C=O) groups excluding carboxylic acids is 1. The smallest absolute Gasteiger partial charge is 0.190 e. The quantitative estimate of drug-likeness (QED) is 0.622. The average molecular weight is 375 g/mol. The van der Waals surface area contributed by atoms with Crippen LogP contribution in [0.25, 0.3) is 0 Å². The number of benzene rings is 2. The molecule has 0 fully saturated rings. The fraction of sp³-hybridized carbons (Fsp3) is 0.118. The largest absolute Gasteiger partial charge is 0.360 e. The first kappa shape index (κ1) is 13.4. The first-order valence-electron chi connectivity index (χ1n) is 6.58. The lowest BCUT2D eigenvalue weighted by atomic mass is 9.87. The highest BCUT2D eigenvalue weighted by atomic mass is 127. The Kier molecular flexibility index (Phi) is 3.87. The molecule has 0 heterocycles. The molecule has 0 spiro atoms. The second-order valence-corrected chi connectivity index (χ2v) is 5.94. The summed E-state index contributed by atoms with van der Waals surface area (Å²) in [5.74, 6) is 0.144. The van der Waals surface area contributed by atoms with Gasteiger partial charge in [-0.1, -0.05) is 36.4 Å². The molecule has 0 saturated heterocycles. The Hall–Kier alpha value is -1.62. The monoisotopic (exact) mass is 375 g/mol. The van der Waals surface area contributed by atoms with Crippen molar-refractivity contribution < 1.29 is 4.79 Å². The van der Waals surface area contributed by atoms with Crippen molar-refractivity contribution in [1.82, 2.24) is 0 Å². The van der Waals surface area contributed by atoms with E-state index in [0.717, 1.165) is 38.8 Å². The van der Waals surface area contributed by atoms with Crippen LogP contribution in [0.5, 0.6) is 0 Å². The number of anilines is 1. The van der Waals surface area contributed by atoms with E-state index in [2.05, 4.69) is 27.9 Å². The number of ketones is 1. The summed E-state index contributed by atoms with van der Waals surface area (Å²) < 4.78 is 1.14. The van der Waals surface area contributed by atoms with Crippen molar-refractivity contribution >= 4 is 34.1 Å². The number of para-hydroxylation sites is 1. The number of allylic oxidation sites excluding steroid dienone is 1. The lowest BCUT2D eigenvalue weighted by Crippen LogP contribution is -2.15.